The highest BCUT2D eigenvalue weighted by Crippen LogP contribution is 2.30. The second kappa shape index (κ2) is 5.83. The van der Waals surface area contributed by atoms with E-state index in [0.717, 1.165) is 25.7 Å². The third-order valence-electron chi connectivity index (χ3n) is 3.22. The van der Waals surface area contributed by atoms with Crippen molar-refractivity contribution < 1.29 is 14.4 Å². The van der Waals surface area contributed by atoms with Gasteiger partial charge >= 0.3 is 5.69 Å². The van der Waals surface area contributed by atoms with Crippen molar-refractivity contribution in [2.45, 2.75) is 37.8 Å². The molecular weight excluding hydrogens is 250 g/mol. The van der Waals surface area contributed by atoms with E-state index in [-0.39, 0.29) is 23.7 Å². The quantitative estimate of drug-likeness (QED) is 0.657. The normalized spacial score (nSPS) is 22.8. The van der Waals surface area contributed by atoms with Gasteiger partial charge in [0.15, 0.2) is 0 Å². The van der Waals surface area contributed by atoms with Gasteiger partial charge in [0, 0.05) is 18.2 Å². The van der Waals surface area contributed by atoms with Crippen LogP contribution in [0.15, 0.2) is 12.1 Å². The van der Waals surface area contributed by atoms with E-state index < -0.39 is 4.92 Å². The van der Waals surface area contributed by atoms with E-state index >= 15 is 0 Å². The summed E-state index contributed by atoms with van der Waals surface area (Å²) in [7, 11) is 1.46. The van der Waals surface area contributed by atoms with Crippen molar-refractivity contribution in [2.24, 2.45) is 5.73 Å². The van der Waals surface area contributed by atoms with Gasteiger partial charge in [-0.1, -0.05) is 0 Å². The maximum Gasteiger partial charge on any atom is 0.331 e. The number of nitrogens with zero attached hydrogens (tertiary/aromatic N) is 2. The number of ether oxygens (including phenoxy) is 2. The number of aromatic nitrogens is 1. The van der Waals surface area contributed by atoms with Crippen molar-refractivity contribution in [3.8, 4) is 11.8 Å². The van der Waals surface area contributed by atoms with Crippen molar-refractivity contribution in [2.75, 3.05) is 7.11 Å². The lowest BCUT2D eigenvalue weighted by Crippen LogP contribution is -2.32. The number of nitrogens with two attached hydrogens (primary N) is 1. The first-order valence-corrected chi connectivity index (χ1v) is 6.22. The zero-order valence-electron chi connectivity index (χ0n) is 10.7. The van der Waals surface area contributed by atoms with Crippen LogP contribution in [-0.2, 0) is 0 Å². The Kier molecular flexibility index (Phi) is 4.16. The molecule has 0 amide bonds. The Bertz CT molecular complexity index is 458. The van der Waals surface area contributed by atoms with Gasteiger partial charge in [-0.3, -0.25) is 10.1 Å². The Morgan fingerprint density at radius 2 is 2.05 bits per heavy atom. The SMILES string of the molecule is COc1ccc([N+](=O)[O-])c(OC2CCC(N)CC2)n1. The molecule has 0 radical (unpaired) electrons. The highest BCUT2D eigenvalue weighted by atomic mass is 16.6. The predicted octanol–water partition coefficient (Wildman–Crippen LogP) is 1.65. The molecule has 1 fully saturated rings. The lowest BCUT2D eigenvalue weighted by atomic mass is 9.94. The summed E-state index contributed by atoms with van der Waals surface area (Å²) in [6, 6.07) is 2.99. The van der Waals surface area contributed by atoms with Crippen LogP contribution in [0.5, 0.6) is 11.8 Å². The summed E-state index contributed by atoms with van der Waals surface area (Å²) in [4.78, 5) is 14.4. The van der Waals surface area contributed by atoms with Crippen molar-refractivity contribution in [1.82, 2.24) is 4.98 Å². The fourth-order valence-electron chi connectivity index (χ4n) is 2.12. The molecule has 1 aromatic heterocycles. The Hall–Kier alpha value is -1.89. The summed E-state index contributed by atoms with van der Waals surface area (Å²) in [6.07, 6.45) is 3.23. The van der Waals surface area contributed by atoms with Crippen molar-refractivity contribution in [3.63, 3.8) is 0 Å². The lowest BCUT2D eigenvalue weighted by molar-refractivity contribution is -0.386. The van der Waals surface area contributed by atoms with Crippen LogP contribution >= 0.6 is 0 Å². The largest absolute Gasteiger partial charge is 0.481 e. The first-order valence-electron chi connectivity index (χ1n) is 6.22. The van der Waals surface area contributed by atoms with E-state index in [4.69, 9.17) is 15.2 Å². The summed E-state index contributed by atoms with van der Waals surface area (Å²) in [5.74, 6) is 0.318. The van der Waals surface area contributed by atoms with E-state index in [2.05, 4.69) is 4.98 Å². The summed E-state index contributed by atoms with van der Waals surface area (Å²) in [5, 5.41) is 10.9. The first-order chi connectivity index (χ1) is 9.10. The van der Waals surface area contributed by atoms with Crippen LogP contribution in [0.3, 0.4) is 0 Å². The summed E-state index contributed by atoms with van der Waals surface area (Å²) >= 11 is 0. The van der Waals surface area contributed by atoms with E-state index in [0.29, 0.717) is 5.88 Å². The van der Waals surface area contributed by atoms with Crippen LogP contribution in [-0.4, -0.2) is 29.2 Å². The second-order valence-corrected chi connectivity index (χ2v) is 4.59. The van der Waals surface area contributed by atoms with E-state index in [1.165, 1.54) is 19.2 Å². The number of hydrogen-bond acceptors (Lipinski definition) is 6. The van der Waals surface area contributed by atoms with Gasteiger partial charge in [-0.15, -0.1) is 0 Å². The molecule has 1 aliphatic rings. The maximum atomic E-state index is 10.9. The molecule has 0 spiro atoms. The Labute approximate surface area is 110 Å². The molecule has 7 heteroatoms. The molecule has 0 bridgehead atoms. The Balaban J connectivity index is 2.15. The minimum atomic E-state index is -0.504. The molecule has 0 atom stereocenters. The first kappa shape index (κ1) is 13.5. The van der Waals surface area contributed by atoms with Crippen molar-refractivity contribution in [1.29, 1.82) is 0 Å². The average molecular weight is 267 g/mol. The number of rotatable bonds is 4. The van der Waals surface area contributed by atoms with Gasteiger partial charge in [0.1, 0.15) is 6.10 Å². The van der Waals surface area contributed by atoms with Gasteiger partial charge in [0.05, 0.1) is 12.0 Å². The van der Waals surface area contributed by atoms with Gasteiger partial charge in [-0.25, -0.2) is 0 Å². The third-order valence-corrected chi connectivity index (χ3v) is 3.22. The molecular formula is C12H17N3O4. The topological polar surface area (TPSA) is 101 Å². The molecule has 1 heterocycles. The van der Waals surface area contributed by atoms with Crippen molar-refractivity contribution in [3.05, 3.63) is 22.2 Å². The smallest absolute Gasteiger partial charge is 0.331 e. The molecule has 19 heavy (non-hydrogen) atoms. The monoisotopic (exact) mass is 267 g/mol. The average Bonchev–Trinajstić information content (AvgIpc) is 2.41. The minimum Gasteiger partial charge on any atom is -0.481 e. The van der Waals surface area contributed by atoms with Crippen LogP contribution in [0.25, 0.3) is 0 Å². The molecule has 7 nitrogen and oxygen atoms in total. The van der Waals surface area contributed by atoms with Gasteiger partial charge in [-0.05, 0) is 25.7 Å². The van der Waals surface area contributed by atoms with E-state index in [1.807, 2.05) is 0 Å². The second-order valence-electron chi connectivity index (χ2n) is 4.59. The van der Waals surface area contributed by atoms with Gasteiger partial charge in [0.2, 0.25) is 5.88 Å². The fourth-order valence-corrected chi connectivity index (χ4v) is 2.12. The number of nitro groups is 1. The van der Waals surface area contributed by atoms with E-state index in [9.17, 15) is 10.1 Å². The third kappa shape index (κ3) is 3.31. The number of methoxy groups -OCH3 is 1. The molecule has 0 saturated heterocycles. The minimum absolute atomic E-state index is 0.0184. The number of hydrogen-bond donors (Lipinski definition) is 1. The zero-order valence-corrected chi connectivity index (χ0v) is 10.7. The van der Waals surface area contributed by atoms with Crippen LogP contribution in [0, 0.1) is 10.1 Å². The van der Waals surface area contributed by atoms with Crippen LogP contribution in [0.2, 0.25) is 0 Å². The zero-order chi connectivity index (χ0) is 13.8. The fraction of sp³-hybridized carbons (Fsp3) is 0.583. The molecule has 2 rings (SSSR count). The maximum absolute atomic E-state index is 10.9. The molecule has 0 aliphatic heterocycles. The van der Waals surface area contributed by atoms with Crippen LogP contribution in [0.1, 0.15) is 25.7 Å². The predicted molar refractivity (Wildman–Crippen MR) is 68.3 cm³/mol. The number of pyridine rings is 1. The van der Waals surface area contributed by atoms with Gasteiger partial charge < -0.3 is 15.2 Å². The molecule has 1 saturated carbocycles. The van der Waals surface area contributed by atoms with Crippen LogP contribution < -0.4 is 15.2 Å². The molecule has 1 aliphatic carbocycles. The standard InChI is InChI=1S/C12H17N3O4/c1-18-11-7-6-10(15(16)17)12(14-11)19-9-4-2-8(13)3-5-9/h6-9H,2-5,13H2,1H3. The van der Waals surface area contributed by atoms with E-state index in [1.54, 1.807) is 0 Å². The molecule has 0 unspecified atom stereocenters. The summed E-state index contributed by atoms with van der Waals surface area (Å²) < 4.78 is 10.6. The molecule has 0 aromatic carbocycles. The Morgan fingerprint density at radius 3 is 2.63 bits per heavy atom. The van der Waals surface area contributed by atoms with Crippen molar-refractivity contribution >= 4 is 5.69 Å². The highest BCUT2D eigenvalue weighted by molar-refractivity contribution is 5.43. The summed E-state index contributed by atoms with van der Waals surface area (Å²) in [5.41, 5.74) is 5.67. The summed E-state index contributed by atoms with van der Waals surface area (Å²) in [6.45, 7) is 0. The van der Waals surface area contributed by atoms with Gasteiger partial charge in [-0.2, -0.15) is 4.98 Å². The highest BCUT2D eigenvalue weighted by Gasteiger charge is 2.25. The molecule has 104 valence electrons. The molecule has 1 aromatic rings. The van der Waals surface area contributed by atoms with Gasteiger partial charge in [0.25, 0.3) is 5.88 Å². The lowest BCUT2D eigenvalue weighted by Gasteiger charge is -2.26. The molecule has 2 N–H and O–H groups in total. The Morgan fingerprint density at radius 1 is 1.37 bits per heavy atom. The van der Waals surface area contributed by atoms with Crippen LogP contribution in [0.4, 0.5) is 5.69 Å².